The van der Waals surface area contributed by atoms with Gasteiger partial charge in [-0.2, -0.15) is 0 Å². The lowest BCUT2D eigenvalue weighted by molar-refractivity contribution is 0.479. The second-order valence-corrected chi connectivity index (χ2v) is 8.93. The lowest BCUT2D eigenvalue weighted by atomic mass is 10.1. The third-order valence-corrected chi connectivity index (χ3v) is 7.30. The van der Waals surface area contributed by atoms with E-state index in [0.29, 0.717) is 0 Å². The molecule has 2 N–H and O–H groups in total. The van der Waals surface area contributed by atoms with Crippen molar-refractivity contribution in [2.75, 3.05) is 0 Å². The average Bonchev–Trinajstić information content (AvgIpc) is 2.67. The second-order valence-electron chi connectivity index (χ2n) is 6.82. The van der Waals surface area contributed by atoms with Crippen LogP contribution >= 0.6 is 7.92 Å². The molecule has 4 rings (SSSR count). The molecule has 0 bridgehead atoms. The van der Waals surface area contributed by atoms with Gasteiger partial charge in [0.25, 0.3) is 0 Å². The molecule has 4 aromatic carbocycles. The van der Waals surface area contributed by atoms with E-state index in [1.807, 2.05) is 56.3 Å². The predicted molar refractivity (Wildman–Crippen MR) is 115 cm³/mol. The molecule has 0 heterocycles. The van der Waals surface area contributed by atoms with Gasteiger partial charge in [-0.25, -0.2) is 0 Å². The fourth-order valence-corrected chi connectivity index (χ4v) is 6.15. The SMILES string of the molecule is Cc1ccc(O)c(P(c2cc(C)ccc2O)c2cccc3ccccc23)c1. The van der Waals surface area contributed by atoms with E-state index in [-0.39, 0.29) is 11.5 Å². The summed E-state index contributed by atoms with van der Waals surface area (Å²) in [6.07, 6.45) is 0. The summed E-state index contributed by atoms with van der Waals surface area (Å²) in [5.41, 5.74) is 2.17. The van der Waals surface area contributed by atoms with Crippen LogP contribution < -0.4 is 15.9 Å². The predicted octanol–water partition coefficient (Wildman–Crippen LogP) is 4.63. The minimum Gasteiger partial charge on any atom is -0.507 e. The van der Waals surface area contributed by atoms with Crippen molar-refractivity contribution < 1.29 is 10.2 Å². The number of phenolic OH excluding ortho intramolecular Hbond substituents is 2. The fraction of sp³-hybridized carbons (Fsp3) is 0.0833. The first-order valence-electron chi connectivity index (χ1n) is 8.92. The zero-order chi connectivity index (χ0) is 19.0. The highest BCUT2D eigenvalue weighted by molar-refractivity contribution is 7.80. The summed E-state index contributed by atoms with van der Waals surface area (Å²) in [5.74, 6) is 0.529. The Bertz CT molecular complexity index is 1080. The average molecular weight is 372 g/mol. The molecule has 3 heteroatoms. The van der Waals surface area contributed by atoms with Gasteiger partial charge in [0, 0.05) is 10.6 Å². The summed E-state index contributed by atoms with van der Waals surface area (Å²) in [4.78, 5) is 0. The Morgan fingerprint density at radius 3 is 1.78 bits per heavy atom. The molecular weight excluding hydrogens is 351 g/mol. The quantitative estimate of drug-likeness (QED) is 0.515. The molecule has 0 aliphatic heterocycles. The van der Waals surface area contributed by atoms with Crippen LogP contribution in [0.1, 0.15) is 11.1 Å². The van der Waals surface area contributed by atoms with Gasteiger partial charge < -0.3 is 10.2 Å². The first-order chi connectivity index (χ1) is 13.0. The van der Waals surface area contributed by atoms with Gasteiger partial charge in [0.1, 0.15) is 11.5 Å². The van der Waals surface area contributed by atoms with Crippen molar-refractivity contribution in [1.82, 2.24) is 0 Å². The van der Waals surface area contributed by atoms with Crippen LogP contribution in [0, 0.1) is 13.8 Å². The van der Waals surface area contributed by atoms with Crippen LogP contribution in [-0.2, 0) is 0 Å². The van der Waals surface area contributed by atoms with Crippen molar-refractivity contribution in [2.45, 2.75) is 13.8 Å². The second kappa shape index (κ2) is 7.06. The van der Waals surface area contributed by atoms with Crippen LogP contribution in [0.15, 0.2) is 78.9 Å². The van der Waals surface area contributed by atoms with Crippen LogP contribution in [-0.4, -0.2) is 10.2 Å². The Morgan fingerprint density at radius 1 is 0.593 bits per heavy atom. The normalized spacial score (nSPS) is 11.2. The molecule has 27 heavy (non-hydrogen) atoms. The van der Waals surface area contributed by atoms with Gasteiger partial charge in [-0.3, -0.25) is 0 Å². The summed E-state index contributed by atoms with van der Waals surface area (Å²) in [5, 5.41) is 26.5. The lowest BCUT2D eigenvalue weighted by Crippen LogP contribution is -2.22. The van der Waals surface area contributed by atoms with Gasteiger partial charge in [0.05, 0.1) is 0 Å². The van der Waals surface area contributed by atoms with E-state index in [1.165, 1.54) is 0 Å². The molecule has 0 atom stereocenters. The van der Waals surface area contributed by atoms with Crippen molar-refractivity contribution in [3.8, 4) is 11.5 Å². The number of aromatic hydroxyl groups is 2. The largest absolute Gasteiger partial charge is 0.507 e. The molecule has 0 saturated heterocycles. The number of fused-ring (bicyclic) bond motifs is 1. The van der Waals surface area contributed by atoms with Crippen molar-refractivity contribution in [3.63, 3.8) is 0 Å². The summed E-state index contributed by atoms with van der Waals surface area (Å²) < 4.78 is 0. The Hall–Kier alpha value is -2.83. The highest BCUT2D eigenvalue weighted by Gasteiger charge is 2.24. The molecule has 0 unspecified atom stereocenters. The van der Waals surface area contributed by atoms with Gasteiger partial charge in [-0.1, -0.05) is 65.7 Å². The minimum atomic E-state index is -1.12. The van der Waals surface area contributed by atoms with E-state index in [9.17, 15) is 10.2 Å². The number of rotatable bonds is 3. The van der Waals surface area contributed by atoms with E-state index in [2.05, 4.69) is 24.3 Å². The van der Waals surface area contributed by atoms with Crippen molar-refractivity contribution in [1.29, 1.82) is 0 Å². The maximum absolute atomic E-state index is 10.7. The molecule has 0 aromatic heterocycles. The van der Waals surface area contributed by atoms with E-state index >= 15 is 0 Å². The first-order valence-corrected chi connectivity index (χ1v) is 10.3. The maximum atomic E-state index is 10.7. The number of phenols is 2. The van der Waals surface area contributed by atoms with E-state index in [0.717, 1.165) is 37.8 Å². The molecule has 0 saturated carbocycles. The molecule has 0 radical (unpaired) electrons. The van der Waals surface area contributed by atoms with Crippen molar-refractivity contribution >= 4 is 34.6 Å². The highest BCUT2D eigenvalue weighted by atomic mass is 31.1. The van der Waals surface area contributed by atoms with E-state index in [1.54, 1.807) is 12.1 Å². The van der Waals surface area contributed by atoms with Gasteiger partial charge in [-0.15, -0.1) is 0 Å². The molecular formula is C24H21O2P. The minimum absolute atomic E-state index is 0.264. The monoisotopic (exact) mass is 372 g/mol. The van der Waals surface area contributed by atoms with Crippen molar-refractivity contribution in [3.05, 3.63) is 90.0 Å². The van der Waals surface area contributed by atoms with Crippen LogP contribution in [0.25, 0.3) is 10.8 Å². The summed E-state index contributed by atoms with van der Waals surface area (Å²) in [7, 11) is -1.12. The molecule has 4 aromatic rings. The Morgan fingerprint density at radius 2 is 1.15 bits per heavy atom. The van der Waals surface area contributed by atoms with Gasteiger partial charge in [0.15, 0.2) is 0 Å². The summed E-state index contributed by atoms with van der Waals surface area (Å²) >= 11 is 0. The number of aryl methyl sites for hydroxylation is 2. The molecule has 2 nitrogen and oxygen atoms in total. The first kappa shape index (κ1) is 17.6. The van der Waals surface area contributed by atoms with Crippen LogP contribution in [0.3, 0.4) is 0 Å². The molecule has 0 spiro atoms. The van der Waals surface area contributed by atoms with Gasteiger partial charge in [-0.05, 0) is 62.1 Å². The molecule has 134 valence electrons. The standard InChI is InChI=1S/C24H21O2P/c1-16-10-12-20(25)23(14-16)27(24-15-17(2)11-13-21(24)26)22-9-5-7-18-6-3-4-8-19(18)22/h3-15,25-26H,1-2H3. The molecule has 0 aliphatic carbocycles. The van der Waals surface area contributed by atoms with Gasteiger partial charge in [0.2, 0.25) is 0 Å². The number of benzene rings is 4. The topological polar surface area (TPSA) is 40.5 Å². The lowest BCUT2D eigenvalue weighted by Gasteiger charge is -2.23. The van der Waals surface area contributed by atoms with Gasteiger partial charge >= 0.3 is 0 Å². The van der Waals surface area contributed by atoms with Crippen LogP contribution in [0.2, 0.25) is 0 Å². The highest BCUT2D eigenvalue weighted by Crippen LogP contribution is 2.41. The maximum Gasteiger partial charge on any atom is 0.123 e. The Balaban J connectivity index is 2.07. The molecule has 0 aliphatic rings. The zero-order valence-corrected chi connectivity index (χ0v) is 16.2. The smallest absolute Gasteiger partial charge is 0.123 e. The Labute approximate surface area is 160 Å². The zero-order valence-electron chi connectivity index (χ0n) is 15.3. The van der Waals surface area contributed by atoms with Crippen LogP contribution in [0.5, 0.6) is 11.5 Å². The molecule has 0 amide bonds. The third kappa shape index (κ3) is 3.29. The van der Waals surface area contributed by atoms with E-state index < -0.39 is 7.92 Å². The Kier molecular flexibility index (Phi) is 4.59. The van der Waals surface area contributed by atoms with Crippen molar-refractivity contribution in [2.24, 2.45) is 0 Å². The fourth-order valence-electron chi connectivity index (χ4n) is 3.42. The summed E-state index contributed by atoms with van der Waals surface area (Å²) in [6.45, 7) is 4.05. The third-order valence-electron chi connectivity index (χ3n) is 4.75. The number of hydrogen-bond donors (Lipinski definition) is 2. The molecule has 0 fully saturated rings. The number of hydrogen-bond acceptors (Lipinski definition) is 2. The summed E-state index contributed by atoms with van der Waals surface area (Å²) in [6, 6.07) is 25.9. The van der Waals surface area contributed by atoms with E-state index in [4.69, 9.17) is 0 Å². The van der Waals surface area contributed by atoms with Crippen LogP contribution in [0.4, 0.5) is 0 Å².